The molecule has 0 saturated heterocycles. The highest BCUT2D eigenvalue weighted by molar-refractivity contribution is 6.29. The summed E-state index contributed by atoms with van der Waals surface area (Å²) in [7, 11) is 1.77. The number of anilines is 1. The van der Waals surface area contributed by atoms with Crippen LogP contribution in [0.25, 0.3) is 0 Å². The van der Waals surface area contributed by atoms with Crippen molar-refractivity contribution in [3.63, 3.8) is 0 Å². The Morgan fingerprint density at radius 1 is 1.37 bits per heavy atom. The van der Waals surface area contributed by atoms with Gasteiger partial charge in [-0.25, -0.2) is 9.37 Å². The number of aromatic nitrogens is 1. The molecule has 0 aliphatic rings. The molecule has 0 amide bonds. The monoisotopic (exact) mass is 275 g/mol. The van der Waals surface area contributed by atoms with Crippen molar-refractivity contribution in [1.82, 2.24) is 4.98 Å². The lowest BCUT2D eigenvalue weighted by atomic mass is 10.2. The average Bonchev–Trinajstić information content (AvgIpc) is 2.40. The third-order valence-corrected chi connectivity index (χ3v) is 2.86. The van der Waals surface area contributed by atoms with Crippen molar-refractivity contribution in [2.45, 2.75) is 6.54 Å². The first-order valence-corrected chi connectivity index (χ1v) is 6.00. The van der Waals surface area contributed by atoms with Crippen LogP contribution in [-0.4, -0.2) is 12.0 Å². The molecule has 1 aromatic carbocycles. The van der Waals surface area contributed by atoms with E-state index in [1.54, 1.807) is 36.2 Å². The Kier molecular flexibility index (Phi) is 3.98. The van der Waals surface area contributed by atoms with E-state index in [4.69, 9.17) is 16.9 Å². The van der Waals surface area contributed by atoms with Crippen molar-refractivity contribution < 1.29 is 4.39 Å². The molecule has 96 valence electrons. The van der Waals surface area contributed by atoms with E-state index in [0.29, 0.717) is 23.5 Å². The van der Waals surface area contributed by atoms with Gasteiger partial charge in [-0.3, -0.25) is 0 Å². The predicted molar refractivity (Wildman–Crippen MR) is 72.5 cm³/mol. The SMILES string of the molecule is CN(Cc1ccccc1F)c1cc(C#N)cc(Cl)n1. The summed E-state index contributed by atoms with van der Waals surface area (Å²) in [5.74, 6) is 0.268. The summed E-state index contributed by atoms with van der Waals surface area (Å²) in [6, 6.07) is 11.7. The van der Waals surface area contributed by atoms with E-state index in [9.17, 15) is 4.39 Å². The zero-order valence-electron chi connectivity index (χ0n) is 10.3. The summed E-state index contributed by atoms with van der Waals surface area (Å²) in [6.07, 6.45) is 0. The molecule has 0 unspecified atom stereocenters. The maximum absolute atomic E-state index is 13.6. The molecule has 2 rings (SSSR count). The van der Waals surface area contributed by atoms with Gasteiger partial charge in [0.15, 0.2) is 0 Å². The van der Waals surface area contributed by atoms with Crippen molar-refractivity contribution in [1.29, 1.82) is 5.26 Å². The lowest BCUT2D eigenvalue weighted by Crippen LogP contribution is -2.18. The van der Waals surface area contributed by atoms with Gasteiger partial charge in [0.2, 0.25) is 0 Å². The molecule has 0 aliphatic carbocycles. The van der Waals surface area contributed by atoms with Crippen molar-refractivity contribution in [3.05, 3.63) is 58.5 Å². The Labute approximate surface area is 115 Å². The largest absolute Gasteiger partial charge is 0.355 e. The molecule has 0 radical (unpaired) electrons. The van der Waals surface area contributed by atoms with Crippen LogP contribution in [0.5, 0.6) is 0 Å². The fourth-order valence-electron chi connectivity index (χ4n) is 1.71. The summed E-state index contributed by atoms with van der Waals surface area (Å²) < 4.78 is 13.6. The van der Waals surface area contributed by atoms with Crippen LogP contribution in [0, 0.1) is 17.1 Å². The first-order valence-electron chi connectivity index (χ1n) is 5.62. The minimum Gasteiger partial charge on any atom is -0.355 e. The van der Waals surface area contributed by atoms with E-state index >= 15 is 0 Å². The summed E-state index contributed by atoms with van der Waals surface area (Å²) in [6.45, 7) is 0.352. The normalized spacial score (nSPS) is 10.0. The van der Waals surface area contributed by atoms with Gasteiger partial charge < -0.3 is 4.90 Å². The molecule has 1 heterocycles. The average molecular weight is 276 g/mol. The zero-order valence-corrected chi connectivity index (χ0v) is 11.0. The number of halogens is 2. The van der Waals surface area contributed by atoms with Crippen LogP contribution in [0.15, 0.2) is 36.4 Å². The summed E-state index contributed by atoms with van der Waals surface area (Å²) >= 11 is 5.84. The molecule has 0 atom stereocenters. The summed E-state index contributed by atoms with van der Waals surface area (Å²) in [5, 5.41) is 9.13. The van der Waals surface area contributed by atoms with Crippen LogP contribution in [0.4, 0.5) is 10.2 Å². The quantitative estimate of drug-likeness (QED) is 0.806. The summed E-state index contributed by atoms with van der Waals surface area (Å²) in [4.78, 5) is 5.87. The molecule has 0 saturated carbocycles. The molecule has 0 fully saturated rings. The minimum atomic E-state index is -0.267. The van der Waals surface area contributed by atoms with Gasteiger partial charge in [0, 0.05) is 19.2 Å². The first kappa shape index (κ1) is 13.3. The van der Waals surface area contributed by atoms with E-state index in [-0.39, 0.29) is 11.0 Å². The number of rotatable bonds is 3. The van der Waals surface area contributed by atoms with Crippen molar-refractivity contribution >= 4 is 17.4 Å². The second-order valence-electron chi connectivity index (χ2n) is 4.10. The van der Waals surface area contributed by atoms with E-state index in [0.717, 1.165) is 0 Å². The lowest BCUT2D eigenvalue weighted by molar-refractivity contribution is 0.607. The number of benzene rings is 1. The van der Waals surface area contributed by atoms with Gasteiger partial charge in [0.25, 0.3) is 0 Å². The molecule has 19 heavy (non-hydrogen) atoms. The van der Waals surface area contributed by atoms with Gasteiger partial charge in [-0.05, 0) is 18.2 Å². The highest BCUT2D eigenvalue weighted by atomic mass is 35.5. The van der Waals surface area contributed by atoms with Crippen molar-refractivity contribution in [3.8, 4) is 6.07 Å². The second-order valence-corrected chi connectivity index (χ2v) is 4.48. The number of hydrogen-bond donors (Lipinski definition) is 0. The summed E-state index contributed by atoms with van der Waals surface area (Å²) in [5.41, 5.74) is 0.987. The van der Waals surface area contributed by atoms with Crippen LogP contribution < -0.4 is 4.90 Å². The standard InChI is InChI=1S/C14H11ClFN3/c1-19(9-11-4-2-3-5-12(11)16)14-7-10(8-17)6-13(15)18-14/h2-7H,9H2,1H3. The van der Waals surface area contributed by atoms with E-state index < -0.39 is 0 Å². The molecule has 5 heteroatoms. The van der Waals surface area contributed by atoms with Crippen LogP contribution in [0.3, 0.4) is 0 Å². The van der Waals surface area contributed by atoms with Crippen LogP contribution in [0.1, 0.15) is 11.1 Å². The van der Waals surface area contributed by atoms with Crippen molar-refractivity contribution in [2.75, 3.05) is 11.9 Å². The Morgan fingerprint density at radius 3 is 2.79 bits per heavy atom. The Balaban J connectivity index is 2.26. The van der Waals surface area contributed by atoms with Crippen LogP contribution in [-0.2, 0) is 6.54 Å². The lowest BCUT2D eigenvalue weighted by Gasteiger charge is -2.19. The highest BCUT2D eigenvalue weighted by Gasteiger charge is 2.09. The van der Waals surface area contributed by atoms with Gasteiger partial charge in [-0.2, -0.15) is 5.26 Å². The Morgan fingerprint density at radius 2 is 2.11 bits per heavy atom. The van der Waals surface area contributed by atoms with Crippen molar-refractivity contribution in [2.24, 2.45) is 0 Å². The zero-order chi connectivity index (χ0) is 13.8. The molecule has 0 bridgehead atoms. The topological polar surface area (TPSA) is 39.9 Å². The fraction of sp³-hybridized carbons (Fsp3) is 0.143. The molecular weight excluding hydrogens is 265 g/mol. The van der Waals surface area contributed by atoms with E-state index in [2.05, 4.69) is 4.98 Å². The first-order chi connectivity index (χ1) is 9.10. The van der Waals surface area contributed by atoms with E-state index in [1.165, 1.54) is 12.1 Å². The van der Waals surface area contributed by atoms with Gasteiger partial charge in [-0.15, -0.1) is 0 Å². The molecule has 0 N–H and O–H groups in total. The molecule has 1 aromatic heterocycles. The molecular formula is C14H11ClFN3. The third-order valence-electron chi connectivity index (χ3n) is 2.67. The molecule has 3 nitrogen and oxygen atoms in total. The smallest absolute Gasteiger partial charge is 0.132 e. The Bertz CT molecular complexity index is 637. The molecule has 0 spiro atoms. The van der Waals surface area contributed by atoms with Gasteiger partial charge in [0.1, 0.15) is 16.8 Å². The van der Waals surface area contributed by atoms with Gasteiger partial charge >= 0.3 is 0 Å². The maximum atomic E-state index is 13.6. The van der Waals surface area contributed by atoms with Crippen LogP contribution in [0.2, 0.25) is 5.15 Å². The number of nitriles is 1. The van der Waals surface area contributed by atoms with E-state index in [1.807, 2.05) is 6.07 Å². The predicted octanol–water partition coefficient (Wildman–Crippen LogP) is 3.38. The maximum Gasteiger partial charge on any atom is 0.132 e. The highest BCUT2D eigenvalue weighted by Crippen LogP contribution is 2.19. The Hall–Kier alpha value is -2.12. The number of pyridine rings is 1. The molecule has 2 aromatic rings. The minimum absolute atomic E-state index is 0.245. The van der Waals surface area contributed by atoms with Gasteiger partial charge in [-0.1, -0.05) is 29.8 Å². The third kappa shape index (κ3) is 3.21. The number of nitrogens with zero attached hydrogens (tertiary/aromatic N) is 3. The fourth-order valence-corrected chi connectivity index (χ4v) is 1.91. The van der Waals surface area contributed by atoms with Crippen LogP contribution >= 0.6 is 11.6 Å². The second kappa shape index (κ2) is 5.68. The molecule has 0 aliphatic heterocycles. The van der Waals surface area contributed by atoms with Gasteiger partial charge in [0.05, 0.1) is 11.6 Å². The number of hydrogen-bond acceptors (Lipinski definition) is 3.